The van der Waals surface area contributed by atoms with E-state index in [1.54, 1.807) is 4.57 Å². The van der Waals surface area contributed by atoms with Crippen molar-refractivity contribution in [3.63, 3.8) is 0 Å². The van der Waals surface area contributed by atoms with Crippen LogP contribution in [-0.2, 0) is 12.5 Å². The summed E-state index contributed by atoms with van der Waals surface area (Å²) < 4.78 is 1.73. The minimum Gasteiger partial charge on any atom is -0.324 e. The third-order valence-electron chi connectivity index (χ3n) is 4.84. The molecule has 1 atom stereocenters. The van der Waals surface area contributed by atoms with Gasteiger partial charge in [-0.1, -0.05) is 19.4 Å². The Hall–Kier alpha value is -1.68. The van der Waals surface area contributed by atoms with Crippen molar-refractivity contribution in [2.75, 3.05) is 0 Å². The minimum absolute atomic E-state index is 0.0299. The Kier molecular flexibility index (Phi) is 3.17. The first kappa shape index (κ1) is 14.3. The molecule has 0 amide bonds. The summed E-state index contributed by atoms with van der Waals surface area (Å²) in [6.07, 6.45) is 3.40. The largest absolute Gasteiger partial charge is 0.324 e. The predicted molar refractivity (Wildman–Crippen MR) is 85.5 cm³/mol. The first-order valence-corrected chi connectivity index (χ1v) is 7.61. The molecular formula is C17H23N3O. The lowest BCUT2D eigenvalue weighted by Gasteiger charge is -2.38. The molecule has 1 aliphatic rings. The Morgan fingerprint density at radius 1 is 1.38 bits per heavy atom. The van der Waals surface area contributed by atoms with Gasteiger partial charge in [0.1, 0.15) is 5.82 Å². The van der Waals surface area contributed by atoms with E-state index in [4.69, 9.17) is 10.7 Å². The average molecular weight is 285 g/mol. The summed E-state index contributed by atoms with van der Waals surface area (Å²) in [6, 6.07) is 3.84. The second-order valence-corrected chi connectivity index (χ2v) is 6.75. The van der Waals surface area contributed by atoms with Gasteiger partial charge in [-0.25, -0.2) is 4.98 Å². The number of benzene rings is 1. The summed E-state index contributed by atoms with van der Waals surface area (Å²) in [5, 5.41) is 0.677. The van der Waals surface area contributed by atoms with Crippen molar-refractivity contribution in [3.8, 4) is 0 Å². The number of nitrogens with zero attached hydrogens (tertiary/aromatic N) is 2. The highest BCUT2D eigenvalue weighted by Gasteiger charge is 2.37. The van der Waals surface area contributed by atoms with Gasteiger partial charge in [0.2, 0.25) is 0 Å². The van der Waals surface area contributed by atoms with Crippen LogP contribution in [0.15, 0.2) is 16.9 Å². The molecule has 0 aliphatic heterocycles. The molecule has 2 N–H and O–H groups in total. The Balaban J connectivity index is 2.39. The first-order chi connectivity index (χ1) is 9.83. The molecule has 0 bridgehead atoms. The monoisotopic (exact) mass is 285 g/mol. The molecule has 0 saturated heterocycles. The Morgan fingerprint density at radius 2 is 2.05 bits per heavy atom. The van der Waals surface area contributed by atoms with E-state index in [0.29, 0.717) is 5.39 Å². The summed E-state index contributed by atoms with van der Waals surface area (Å²) in [4.78, 5) is 17.6. The normalized spacial score (nSPS) is 18.5. The maximum atomic E-state index is 12.7. The summed E-state index contributed by atoms with van der Waals surface area (Å²) in [5.74, 6) is 0.900. The molecule has 1 aromatic carbocycles. The van der Waals surface area contributed by atoms with Gasteiger partial charge in [-0.05, 0) is 43.9 Å². The molecule has 1 aliphatic carbocycles. The van der Waals surface area contributed by atoms with Gasteiger partial charge in [-0.15, -0.1) is 0 Å². The van der Waals surface area contributed by atoms with Gasteiger partial charge in [0, 0.05) is 18.5 Å². The number of hydrogen-bond acceptors (Lipinski definition) is 3. The van der Waals surface area contributed by atoms with Gasteiger partial charge in [0.15, 0.2) is 0 Å². The van der Waals surface area contributed by atoms with E-state index in [-0.39, 0.29) is 17.0 Å². The SMILES string of the molecule is Cc1cc([C@@H](C)N)c2nc(C3(C)CCC3)n(C)c(=O)c2c1. The first-order valence-electron chi connectivity index (χ1n) is 7.61. The zero-order chi connectivity index (χ0) is 15.4. The molecule has 0 spiro atoms. The smallest absolute Gasteiger partial charge is 0.261 e. The van der Waals surface area contributed by atoms with Crippen molar-refractivity contribution in [1.82, 2.24) is 9.55 Å². The van der Waals surface area contributed by atoms with Crippen LogP contribution in [0, 0.1) is 6.92 Å². The maximum Gasteiger partial charge on any atom is 0.261 e. The molecule has 0 unspecified atom stereocenters. The van der Waals surface area contributed by atoms with Crippen LogP contribution in [0.4, 0.5) is 0 Å². The van der Waals surface area contributed by atoms with Gasteiger partial charge >= 0.3 is 0 Å². The summed E-state index contributed by atoms with van der Waals surface area (Å²) in [7, 11) is 1.83. The fourth-order valence-corrected chi connectivity index (χ4v) is 3.37. The van der Waals surface area contributed by atoms with Crippen LogP contribution in [-0.4, -0.2) is 9.55 Å². The number of rotatable bonds is 2. The fourth-order valence-electron chi connectivity index (χ4n) is 3.37. The van der Waals surface area contributed by atoms with E-state index in [2.05, 4.69) is 6.92 Å². The average Bonchev–Trinajstić information content (AvgIpc) is 2.39. The molecule has 0 radical (unpaired) electrons. The minimum atomic E-state index is -0.131. The molecule has 1 heterocycles. The molecule has 3 rings (SSSR count). The maximum absolute atomic E-state index is 12.7. The Bertz CT molecular complexity index is 770. The van der Waals surface area contributed by atoms with E-state index in [1.807, 2.05) is 33.0 Å². The van der Waals surface area contributed by atoms with E-state index in [0.717, 1.165) is 35.3 Å². The lowest BCUT2D eigenvalue weighted by Crippen LogP contribution is -2.38. The van der Waals surface area contributed by atoms with Gasteiger partial charge in [-0.3, -0.25) is 9.36 Å². The quantitative estimate of drug-likeness (QED) is 0.923. The van der Waals surface area contributed by atoms with Gasteiger partial charge in [-0.2, -0.15) is 0 Å². The van der Waals surface area contributed by atoms with Gasteiger partial charge in [0.05, 0.1) is 10.9 Å². The zero-order valence-electron chi connectivity index (χ0n) is 13.2. The second kappa shape index (κ2) is 4.67. The van der Waals surface area contributed by atoms with Crippen LogP contribution >= 0.6 is 0 Å². The van der Waals surface area contributed by atoms with Gasteiger partial charge < -0.3 is 5.73 Å². The van der Waals surface area contributed by atoms with Crippen molar-refractivity contribution in [1.29, 1.82) is 0 Å². The van der Waals surface area contributed by atoms with E-state index in [1.165, 1.54) is 6.42 Å². The highest BCUT2D eigenvalue weighted by molar-refractivity contribution is 5.82. The Morgan fingerprint density at radius 3 is 2.57 bits per heavy atom. The number of hydrogen-bond donors (Lipinski definition) is 1. The zero-order valence-corrected chi connectivity index (χ0v) is 13.2. The second-order valence-electron chi connectivity index (χ2n) is 6.75. The van der Waals surface area contributed by atoms with E-state index < -0.39 is 0 Å². The van der Waals surface area contributed by atoms with E-state index >= 15 is 0 Å². The molecule has 1 saturated carbocycles. The molecule has 112 valence electrons. The predicted octanol–water partition coefficient (Wildman–Crippen LogP) is 2.70. The van der Waals surface area contributed by atoms with Crippen molar-refractivity contribution >= 4 is 10.9 Å². The van der Waals surface area contributed by atoms with Crippen LogP contribution in [0.5, 0.6) is 0 Å². The fraction of sp³-hybridized carbons (Fsp3) is 0.529. The molecule has 4 nitrogen and oxygen atoms in total. The Labute approximate surface area is 125 Å². The third kappa shape index (κ3) is 2.09. The van der Waals surface area contributed by atoms with Crippen LogP contribution in [0.3, 0.4) is 0 Å². The van der Waals surface area contributed by atoms with Crippen molar-refractivity contribution in [3.05, 3.63) is 39.4 Å². The molecule has 4 heteroatoms. The van der Waals surface area contributed by atoms with Crippen molar-refractivity contribution in [2.45, 2.75) is 51.5 Å². The van der Waals surface area contributed by atoms with Crippen molar-refractivity contribution < 1.29 is 0 Å². The molecule has 2 aromatic rings. The molecule has 1 aromatic heterocycles. The topological polar surface area (TPSA) is 60.9 Å². The number of nitrogens with two attached hydrogens (primary N) is 1. The summed E-state index contributed by atoms with van der Waals surface area (Å²) >= 11 is 0. The summed E-state index contributed by atoms with van der Waals surface area (Å²) in [6.45, 7) is 6.13. The highest BCUT2D eigenvalue weighted by atomic mass is 16.1. The number of aryl methyl sites for hydroxylation is 1. The lowest BCUT2D eigenvalue weighted by atomic mass is 9.69. The van der Waals surface area contributed by atoms with E-state index in [9.17, 15) is 4.79 Å². The number of aromatic nitrogens is 2. The summed E-state index contributed by atoms with van der Waals surface area (Å²) in [5.41, 5.74) is 8.96. The van der Waals surface area contributed by atoms with Crippen LogP contribution in [0.25, 0.3) is 10.9 Å². The van der Waals surface area contributed by atoms with Crippen molar-refractivity contribution in [2.24, 2.45) is 12.8 Å². The molecule has 1 fully saturated rings. The van der Waals surface area contributed by atoms with Gasteiger partial charge in [0.25, 0.3) is 5.56 Å². The van der Waals surface area contributed by atoms with Crippen LogP contribution in [0.1, 0.15) is 56.1 Å². The standard InChI is InChI=1S/C17H23N3O/c1-10-8-12(11(2)18)14-13(9-10)15(21)20(4)16(19-14)17(3)6-5-7-17/h8-9,11H,5-7,18H2,1-4H3/t11-/m1/s1. The highest BCUT2D eigenvalue weighted by Crippen LogP contribution is 2.42. The number of fused-ring (bicyclic) bond motifs is 1. The molecule has 21 heavy (non-hydrogen) atoms. The van der Waals surface area contributed by atoms with Crippen LogP contribution < -0.4 is 11.3 Å². The lowest BCUT2D eigenvalue weighted by molar-refractivity contribution is 0.247. The van der Waals surface area contributed by atoms with Crippen LogP contribution in [0.2, 0.25) is 0 Å². The third-order valence-corrected chi connectivity index (χ3v) is 4.84. The molecular weight excluding hydrogens is 262 g/mol.